The van der Waals surface area contributed by atoms with Gasteiger partial charge in [0, 0.05) is 13.2 Å². The largest absolute Gasteiger partial charge is 0.380 e. The molecule has 1 aliphatic heterocycles. The quantitative estimate of drug-likeness (QED) is 0.911. The fourth-order valence-corrected chi connectivity index (χ4v) is 2.39. The van der Waals surface area contributed by atoms with Gasteiger partial charge < -0.3 is 9.64 Å². The van der Waals surface area contributed by atoms with Crippen molar-refractivity contribution in [2.24, 2.45) is 0 Å². The first-order chi connectivity index (χ1) is 8.65. The van der Waals surface area contributed by atoms with Crippen LogP contribution in [0.2, 0.25) is 5.02 Å². The second-order valence-corrected chi connectivity index (χ2v) is 4.84. The van der Waals surface area contributed by atoms with Crippen LogP contribution in [0.25, 0.3) is 0 Å². The van der Waals surface area contributed by atoms with Gasteiger partial charge in [0.1, 0.15) is 0 Å². The van der Waals surface area contributed by atoms with Crippen molar-refractivity contribution in [2.75, 3.05) is 19.8 Å². The van der Waals surface area contributed by atoms with Crippen LogP contribution in [0.1, 0.15) is 35.9 Å². The SMILES string of the molecule is CCOC[C@@H]1CCCN1C(=O)c1n[nH]c(C)c1Cl. The molecular formula is C12H18ClN3O2. The van der Waals surface area contributed by atoms with Crippen LogP contribution in [-0.2, 0) is 4.74 Å². The molecule has 0 aliphatic carbocycles. The molecule has 1 aromatic heterocycles. The molecule has 1 aromatic rings. The van der Waals surface area contributed by atoms with Crippen LogP contribution in [0, 0.1) is 6.92 Å². The molecule has 0 bridgehead atoms. The predicted octanol–water partition coefficient (Wildman–Crippen LogP) is 2.01. The van der Waals surface area contributed by atoms with Crippen LogP contribution < -0.4 is 0 Å². The van der Waals surface area contributed by atoms with Crippen molar-refractivity contribution < 1.29 is 9.53 Å². The highest BCUT2D eigenvalue weighted by molar-refractivity contribution is 6.34. The predicted molar refractivity (Wildman–Crippen MR) is 68.9 cm³/mol. The summed E-state index contributed by atoms with van der Waals surface area (Å²) in [7, 11) is 0. The molecule has 0 saturated carbocycles. The van der Waals surface area contributed by atoms with Crippen molar-refractivity contribution in [3.8, 4) is 0 Å². The number of nitrogens with one attached hydrogen (secondary N) is 1. The molecular weight excluding hydrogens is 254 g/mol. The second-order valence-electron chi connectivity index (χ2n) is 4.47. The standard InChI is InChI=1S/C12H18ClN3O2/c1-3-18-7-9-5-4-6-16(9)12(17)11-10(13)8(2)14-15-11/h9H,3-7H2,1-2H3,(H,14,15)/t9-/m0/s1. The molecule has 0 unspecified atom stereocenters. The third kappa shape index (κ3) is 2.52. The molecule has 100 valence electrons. The maximum atomic E-state index is 12.4. The number of nitrogens with zero attached hydrogens (tertiary/aromatic N) is 2. The maximum absolute atomic E-state index is 12.4. The Labute approximate surface area is 111 Å². The van der Waals surface area contributed by atoms with Crippen LogP contribution in [0.5, 0.6) is 0 Å². The van der Waals surface area contributed by atoms with Crippen LogP contribution in [0.15, 0.2) is 0 Å². The lowest BCUT2D eigenvalue weighted by atomic mass is 10.2. The third-order valence-corrected chi connectivity index (χ3v) is 3.69. The average Bonchev–Trinajstić information content (AvgIpc) is 2.95. The van der Waals surface area contributed by atoms with Crippen molar-refractivity contribution in [1.29, 1.82) is 0 Å². The molecule has 2 rings (SSSR count). The summed E-state index contributed by atoms with van der Waals surface area (Å²) < 4.78 is 5.41. The molecule has 2 heterocycles. The summed E-state index contributed by atoms with van der Waals surface area (Å²) in [6, 6.07) is 0.144. The summed E-state index contributed by atoms with van der Waals surface area (Å²) in [6.45, 7) is 5.76. The van der Waals surface area contributed by atoms with Gasteiger partial charge in [-0.3, -0.25) is 9.89 Å². The number of halogens is 1. The molecule has 0 radical (unpaired) electrons. The third-order valence-electron chi connectivity index (χ3n) is 3.23. The topological polar surface area (TPSA) is 58.2 Å². The number of aromatic nitrogens is 2. The van der Waals surface area contributed by atoms with Gasteiger partial charge in [-0.25, -0.2) is 0 Å². The van der Waals surface area contributed by atoms with Gasteiger partial charge in [-0.05, 0) is 26.7 Å². The fraction of sp³-hybridized carbons (Fsp3) is 0.667. The summed E-state index contributed by atoms with van der Waals surface area (Å²) in [6.07, 6.45) is 1.98. The molecule has 0 aromatic carbocycles. The number of aryl methyl sites for hydroxylation is 1. The molecule has 1 aliphatic rings. The van der Waals surface area contributed by atoms with E-state index in [2.05, 4.69) is 10.2 Å². The van der Waals surface area contributed by atoms with Crippen LogP contribution >= 0.6 is 11.6 Å². The van der Waals surface area contributed by atoms with Gasteiger partial charge >= 0.3 is 0 Å². The number of hydrogen-bond acceptors (Lipinski definition) is 3. The minimum absolute atomic E-state index is 0.105. The Hall–Kier alpha value is -1.07. The number of aromatic amines is 1. The van der Waals surface area contributed by atoms with Crippen LogP contribution in [0.3, 0.4) is 0 Å². The first kappa shape index (κ1) is 13.4. The number of carbonyl (C=O) groups excluding carboxylic acids is 1. The highest BCUT2D eigenvalue weighted by Gasteiger charge is 2.32. The second kappa shape index (κ2) is 5.71. The first-order valence-electron chi connectivity index (χ1n) is 6.24. The first-order valence-corrected chi connectivity index (χ1v) is 6.62. The van der Waals surface area contributed by atoms with E-state index in [0.29, 0.717) is 23.9 Å². The van der Waals surface area contributed by atoms with Crippen LogP contribution in [-0.4, -0.2) is 46.8 Å². The Bertz CT molecular complexity index is 433. The zero-order valence-corrected chi connectivity index (χ0v) is 11.5. The Kier molecular flexibility index (Phi) is 4.24. The van der Waals surface area contributed by atoms with Gasteiger partial charge in [0.15, 0.2) is 5.69 Å². The Morgan fingerprint density at radius 1 is 1.67 bits per heavy atom. The molecule has 1 atom stereocenters. The lowest BCUT2D eigenvalue weighted by molar-refractivity contribution is 0.0560. The monoisotopic (exact) mass is 271 g/mol. The van der Waals surface area contributed by atoms with E-state index >= 15 is 0 Å². The van der Waals surface area contributed by atoms with Gasteiger partial charge in [-0.15, -0.1) is 0 Å². The fourth-order valence-electron chi connectivity index (χ4n) is 2.22. The molecule has 1 saturated heterocycles. The summed E-state index contributed by atoms with van der Waals surface area (Å²) in [5.74, 6) is -0.105. The number of rotatable bonds is 4. The minimum atomic E-state index is -0.105. The average molecular weight is 272 g/mol. The van der Waals surface area contributed by atoms with E-state index in [1.807, 2.05) is 11.8 Å². The molecule has 1 fully saturated rings. The summed E-state index contributed by atoms with van der Waals surface area (Å²) in [5, 5.41) is 7.14. The van der Waals surface area contributed by atoms with E-state index in [9.17, 15) is 4.79 Å². The van der Waals surface area contributed by atoms with Crippen LogP contribution in [0.4, 0.5) is 0 Å². The summed E-state index contributed by atoms with van der Waals surface area (Å²) in [4.78, 5) is 14.2. The van der Waals surface area contributed by atoms with Gasteiger partial charge in [0.2, 0.25) is 0 Å². The zero-order chi connectivity index (χ0) is 13.1. The molecule has 1 N–H and O–H groups in total. The van der Waals surface area contributed by atoms with Gasteiger partial charge in [-0.2, -0.15) is 5.10 Å². The highest BCUT2D eigenvalue weighted by Crippen LogP contribution is 2.24. The maximum Gasteiger partial charge on any atom is 0.276 e. The van der Waals surface area contributed by atoms with Crippen molar-refractivity contribution in [2.45, 2.75) is 32.7 Å². The lowest BCUT2D eigenvalue weighted by Crippen LogP contribution is -2.38. The molecule has 1 amide bonds. The Morgan fingerprint density at radius 3 is 3.06 bits per heavy atom. The van der Waals surface area contributed by atoms with Gasteiger partial charge in [0.05, 0.1) is 23.4 Å². The van der Waals surface area contributed by atoms with E-state index < -0.39 is 0 Å². The number of hydrogen-bond donors (Lipinski definition) is 1. The number of amides is 1. The van der Waals surface area contributed by atoms with Crippen molar-refractivity contribution >= 4 is 17.5 Å². The van der Waals surface area contributed by atoms with Crippen molar-refractivity contribution in [3.05, 3.63) is 16.4 Å². The van der Waals surface area contributed by atoms with Crippen molar-refractivity contribution in [1.82, 2.24) is 15.1 Å². The zero-order valence-electron chi connectivity index (χ0n) is 10.7. The Balaban J connectivity index is 2.10. The molecule has 5 nitrogen and oxygen atoms in total. The van der Waals surface area contributed by atoms with E-state index in [1.165, 1.54) is 0 Å². The lowest BCUT2D eigenvalue weighted by Gasteiger charge is -2.23. The number of H-pyrrole nitrogens is 1. The number of likely N-dealkylation sites (tertiary alicyclic amines) is 1. The van der Waals surface area contributed by atoms with E-state index in [1.54, 1.807) is 6.92 Å². The number of carbonyl (C=O) groups is 1. The minimum Gasteiger partial charge on any atom is -0.380 e. The molecule has 6 heteroatoms. The van der Waals surface area contributed by atoms with E-state index in [0.717, 1.165) is 25.1 Å². The highest BCUT2D eigenvalue weighted by atomic mass is 35.5. The van der Waals surface area contributed by atoms with Gasteiger partial charge in [-0.1, -0.05) is 11.6 Å². The number of ether oxygens (including phenoxy) is 1. The van der Waals surface area contributed by atoms with Gasteiger partial charge in [0.25, 0.3) is 5.91 Å². The molecule has 18 heavy (non-hydrogen) atoms. The normalized spacial score (nSPS) is 19.5. The smallest absolute Gasteiger partial charge is 0.276 e. The molecule has 0 spiro atoms. The summed E-state index contributed by atoms with van der Waals surface area (Å²) >= 11 is 6.06. The van der Waals surface area contributed by atoms with E-state index in [-0.39, 0.29) is 11.9 Å². The van der Waals surface area contributed by atoms with E-state index in [4.69, 9.17) is 16.3 Å². The Morgan fingerprint density at radius 2 is 2.44 bits per heavy atom. The summed E-state index contributed by atoms with van der Waals surface area (Å²) in [5.41, 5.74) is 1.04. The van der Waals surface area contributed by atoms with Crippen molar-refractivity contribution in [3.63, 3.8) is 0 Å².